The number of aromatic hydroxyl groups is 1. The fourth-order valence-corrected chi connectivity index (χ4v) is 1.74. The number of aliphatic carboxylic acids is 1. The molecule has 0 aliphatic rings. The van der Waals surface area contributed by atoms with E-state index in [0.717, 1.165) is 5.56 Å². The molecule has 7 heteroatoms. The van der Waals surface area contributed by atoms with Crippen molar-refractivity contribution in [2.45, 2.75) is 19.3 Å². The van der Waals surface area contributed by atoms with Gasteiger partial charge in [0.05, 0.1) is 0 Å². The Balaban J connectivity index is 2.34. The second-order valence-electron chi connectivity index (χ2n) is 4.79. The number of nitriles is 1. The summed E-state index contributed by atoms with van der Waals surface area (Å²) in [5, 5.41) is 32.0. The lowest BCUT2D eigenvalue weighted by molar-refractivity contribution is -0.137. The standard InChI is InChI=1S/C16H19N3O4/c17-10-13(16(23)19-8-1-2-15(21)22)11-18-9-7-12-3-5-14(20)6-4-12/h3-6,11,18,20H,1-2,7-9H2,(H,19,23)(H,21,22)/b13-11-. The van der Waals surface area contributed by atoms with Gasteiger partial charge in [0.2, 0.25) is 0 Å². The van der Waals surface area contributed by atoms with Crippen LogP contribution in [0.2, 0.25) is 0 Å². The summed E-state index contributed by atoms with van der Waals surface area (Å²) in [7, 11) is 0. The maximum Gasteiger partial charge on any atom is 0.303 e. The SMILES string of the molecule is N#C/C(=C/NCCc1ccc(O)cc1)C(=O)NCCCC(=O)O. The van der Waals surface area contributed by atoms with Gasteiger partial charge in [0, 0.05) is 25.7 Å². The number of benzene rings is 1. The smallest absolute Gasteiger partial charge is 0.303 e. The van der Waals surface area contributed by atoms with Crippen LogP contribution >= 0.6 is 0 Å². The fourth-order valence-electron chi connectivity index (χ4n) is 1.74. The van der Waals surface area contributed by atoms with Crippen LogP contribution in [0.5, 0.6) is 5.75 Å². The number of rotatable bonds is 9. The van der Waals surface area contributed by atoms with Crippen LogP contribution < -0.4 is 10.6 Å². The Kier molecular flexibility index (Phi) is 7.72. The second kappa shape index (κ2) is 9.84. The molecule has 0 aliphatic heterocycles. The molecular formula is C16H19N3O4. The van der Waals surface area contributed by atoms with Crippen molar-refractivity contribution in [1.29, 1.82) is 5.26 Å². The summed E-state index contributed by atoms with van der Waals surface area (Å²) in [4.78, 5) is 22.0. The number of nitrogens with one attached hydrogen (secondary N) is 2. The van der Waals surface area contributed by atoms with Gasteiger partial charge in [-0.25, -0.2) is 0 Å². The van der Waals surface area contributed by atoms with E-state index >= 15 is 0 Å². The average Bonchev–Trinajstić information content (AvgIpc) is 2.53. The first kappa shape index (κ1) is 18.0. The van der Waals surface area contributed by atoms with Gasteiger partial charge in [-0.15, -0.1) is 0 Å². The first-order valence-electron chi connectivity index (χ1n) is 7.14. The molecule has 0 saturated heterocycles. The van der Waals surface area contributed by atoms with Gasteiger partial charge in [0.15, 0.2) is 0 Å². The van der Waals surface area contributed by atoms with Crippen LogP contribution in [-0.2, 0) is 16.0 Å². The third-order valence-corrected chi connectivity index (χ3v) is 2.96. The number of hydrogen-bond donors (Lipinski definition) is 4. The Morgan fingerprint density at radius 1 is 1.22 bits per heavy atom. The van der Waals surface area contributed by atoms with E-state index in [0.29, 0.717) is 19.4 Å². The monoisotopic (exact) mass is 317 g/mol. The molecule has 23 heavy (non-hydrogen) atoms. The first-order valence-corrected chi connectivity index (χ1v) is 7.14. The number of carbonyl (C=O) groups is 2. The van der Waals surface area contributed by atoms with Crippen molar-refractivity contribution in [2.24, 2.45) is 0 Å². The quantitative estimate of drug-likeness (QED) is 0.305. The van der Waals surface area contributed by atoms with Gasteiger partial charge >= 0.3 is 5.97 Å². The van der Waals surface area contributed by atoms with E-state index in [9.17, 15) is 14.7 Å². The number of hydrogen-bond acceptors (Lipinski definition) is 5. The summed E-state index contributed by atoms with van der Waals surface area (Å²) in [6.45, 7) is 0.736. The highest BCUT2D eigenvalue weighted by atomic mass is 16.4. The number of nitrogens with zero attached hydrogens (tertiary/aromatic N) is 1. The van der Waals surface area contributed by atoms with E-state index in [1.165, 1.54) is 6.20 Å². The maximum absolute atomic E-state index is 11.7. The molecule has 0 radical (unpaired) electrons. The molecule has 0 saturated carbocycles. The van der Waals surface area contributed by atoms with Crippen LogP contribution in [0.4, 0.5) is 0 Å². The molecule has 0 aliphatic carbocycles. The maximum atomic E-state index is 11.7. The number of amides is 1. The third kappa shape index (κ3) is 7.52. The normalized spacial score (nSPS) is 10.7. The molecule has 0 atom stereocenters. The van der Waals surface area contributed by atoms with Gasteiger partial charge in [-0.1, -0.05) is 12.1 Å². The van der Waals surface area contributed by atoms with E-state index in [-0.39, 0.29) is 24.3 Å². The van der Waals surface area contributed by atoms with E-state index in [1.54, 1.807) is 30.3 Å². The Morgan fingerprint density at radius 3 is 2.52 bits per heavy atom. The topological polar surface area (TPSA) is 122 Å². The summed E-state index contributed by atoms with van der Waals surface area (Å²) in [5.41, 5.74) is 0.950. The molecule has 1 amide bonds. The highest BCUT2D eigenvalue weighted by Crippen LogP contribution is 2.09. The van der Waals surface area contributed by atoms with Crippen molar-refractivity contribution in [1.82, 2.24) is 10.6 Å². The van der Waals surface area contributed by atoms with Crippen molar-refractivity contribution in [3.63, 3.8) is 0 Å². The van der Waals surface area contributed by atoms with Gasteiger partial charge in [0.25, 0.3) is 5.91 Å². The number of phenolic OH excluding ortho intramolecular Hbond substituents is 1. The van der Waals surface area contributed by atoms with Crippen LogP contribution in [0.3, 0.4) is 0 Å². The zero-order valence-corrected chi connectivity index (χ0v) is 12.6. The largest absolute Gasteiger partial charge is 0.508 e. The zero-order valence-electron chi connectivity index (χ0n) is 12.6. The van der Waals surface area contributed by atoms with Gasteiger partial charge in [-0.2, -0.15) is 5.26 Å². The lowest BCUT2D eigenvalue weighted by atomic mass is 10.1. The van der Waals surface area contributed by atoms with Crippen LogP contribution in [0.1, 0.15) is 18.4 Å². The van der Waals surface area contributed by atoms with Crippen LogP contribution in [0, 0.1) is 11.3 Å². The molecule has 0 spiro atoms. The molecule has 1 rings (SSSR count). The summed E-state index contributed by atoms with van der Waals surface area (Å²) in [5.74, 6) is -1.26. The highest BCUT2D eigenvalue weighted by Gasteiger charge is 2.08. The second-order valence-corrected chi connectivity index (χ2v) is 4.79. The Bertz CT molecular complexity index is 603. The van der Waals surface area contributed by atoms with Gasteiger partial charge in [0.1, 0.15) is 17.4 Å². The van der Waals surface area contributed by atoms with Crippen LogP contribution in [-0.4, -0.2) is 35.2 Å². The van der Waals surface area contributed by atoms with Crippen molar-refractivity contribution < 1.29 is 19.8 Å². The van der Waals surface area contributed by atoms with E-state index < -0.39 is 11.9 Å². The van der Waals surface area contributed by atoms with Crippen LogP contribution in [0.15, 0.2) is 36.0 Å². The highest BCUT2D eigenvalue weighted by molar-refractivity contribution is 5.97. The molecule has 0 unspecified atom stereocenters. The lowest BCUT2D eigenvalue weighted by Crippen LogP contribution is -2.27. The van der Waals surface area contributed by atoms with Gasteiger partial charge in [-0.05, 0) is 30.5 Å². The van der Waals surface area contributed by atoms with Gasteiger partial charge < -0.3 is 20.8 Å². The third-order valence-electron chi connectivity index (χ3n) is 2.96. The molecule has 1 aromatic rings. The summed E-state index contributed by atoms with van der Waals surface area (Å²) in [6.07, 6.45) is 2.30. The van der Waals surface area contributed by atoms with Crippen molar-refractivity contribution in [2.75, 3.05) is 13.1 Å². The number of carbonyl (C=O) groups excluding carboxylic acids is 1. The molecule has 0 bridgehead atoms. The van der Waals surface area contributed by atoms with E-state index in [2.05, 4.69) is 10.6 Å². The van der Waals surface area contributed by atoms with Crippen molar-refractivity contribution in [3.8, 4) is 11.8 Å². The minimum Gasteiger partial charge on any atom is -0.508 e. The lowest BCUT2D eigenvalue weighted by Gasteiger charge is -2.05. The predicted molar refractivity (Wildman–Crippen MR) is 83.4 cm³/mol. The average molecular weight is 317 g/mol. The zero-order chi connectivity index (χ0) is 17.1. The summed E-state index contributed by atoms with van der Waals surface area (Å²) >= 11 is 0. The fraction of sp³-hybridized carbons (Fsp3) is 0.312. The molecule has 4 N–H and O–H groups in total. The summed E-state index contributed by atoms with van der Waals surface area (Å²) in [6, 6.07) is 8.57. The van der Waals surface area contributed by atoms with Crippen molar-refractivity contribution in [3.05, 3.63) is 41.6 Å². The molecular weight excluding hydrogens is 298 g/mol. The molecule has 122 valence electrons. The first-order chi connectivity index (χ1) is 11.0. The van der Waals surface area contributed by atoms with Gasteiger partial charge in [-0.3, -0.25) is 9.59 Å². The minimum atomic E-state index is -0.925. The van der Waals surface area contributed by atoms with Crippen LogP contribution in [0.25, 0.3) is 0 Å². The molecule has 7 nitrogen and oxygen atoms in total. The van der Waals surface area contributed by atoms with E-state index in [4.69, 9.17) is 10.4 Å². The number of carboxylic acids is 1. The summed E-state index contributed by atoms with van der Waals surface area (Å²) < 4.78 is 0. The molecule has 0 heterocycles. The predicted octanol–water partition coefficient (Wildman–Crippen LogP) is 0.913. The molecule has 1 aromatic carbocycles. The van der Waals surface area contributed by atoms with E-state index in [1.807, 2.05) is 0 Å². The Labute approximate surface area is 134 Å². The minimum absolute atomic E-state index is 0.0310. The number of carboxylic acid groups (broad SMARTS) is 1. The molecule has 0 fully saturated rings. The molecule has 0 aromatic heterocycles. The van der Waals surface area contributed by atoms with Crippen molar-refractivity contribution >= 4 is 11.9 Å². The Morgan fingerprint density at radius 2 is 1.91 bits per heavy atom. The number of phenols is 1. The Hall–Kier alpha value is -3.01.